The lowest BCUT2D eigenvalue weighted by atomic mass is 10.2. The van der Waals surface area contributed by atoms with Crippen molar-refractivity contribution < 1.29 is 14.3 Å². The number of halogens is 1. The van der Waals surface area contributed by atoms with Gasteiger partial charge in [0.25, 0.3) is 0 Å². The number of carbonyl (C=O) groups is 1. The molecule has 0 unspecified atom stereocenters. The zero-order chi connectivity index (χ0) is 16.7. The summed E-state index contributed by atoms with van der Waals surface area (Å²) in [5.41, 5.74) is 0.529. The molecule has 0 spiro atoms. The van der Waals surface area contributed by atoms with Gasteiger partial charge in [0.2, 0.25) is 5.91 Å². The summed E-state index contributed by atoms with van der Waals surface area (Å²) < 4.78 is 13.6. The molecule has 0 aromatic heterocycles. The van der Waals surface area contributed by atoms with Gasteiger partial charge in [-0.2, -0.15) is 0 Å². The van der Waals surface area contributed by atoms with Crippen LogP contribution < -0.4 is 0 Å². The first-order valence-corrected chi connectivity index (χ1v) is 8.44. The molecule has 2 aromatic rings. The minimum Gasteiger partial charge on any atom is -0.508 e. The summed E-state index contributed by atoms with van der Waals surface area (Å²) in [6, 6.07) is 13.5. The Labute approximate surface area is 140 Å². The summed E-state index contributed by atoms with van der Waals surface area (Å²) in [7, 11) is 1.70. The second-order valence-electron chi connectivity index (χ2n) is 5.29. The summed E-state index contributed by atoms with van der Waals surface area (Å²) >= 11 is 1.65. The molecule has 0 atom stereocenters. The van der Waals surface area contributed by atoms with Gasteiger partial charge < -0.3 is 10.0 Å². The highest BCUT2D eigenvalue weighted by molar-refractivity contribution is 7.99. The van der Waals surface area contributed by atoms with Crippen molar-refractivity contribution in [2.24, 2.45) is 0 Å². The van der Waals surface area contributed by atoms with E-state index in [2.05, 4.69) is 0 Å². The highest BCUT2D eigenvalue weighted by atomic mass is 32.2. The van der Waals surface area contributed by atoms with Crippen molar-refractivity contribution >= 4 is 17.7 Å². The second kappa shape index (κ2) is 8.58. The van der Waals surface area contributed by atoms with Crippen molar-refractivity contribution in [2.75, 3.05) is 12.8 Å². The van der Waals surface area contributed by atoms with Crippen molar-refractivity contribution in [1.29, 1.82) is 0 Å². The predicted molar refractivity (Wildman–Crippen MR) is 90.9 cm³/mol. The zero-order valence-electron chi connectivity index (χ0n) is 13.0. The van der Waals surface area contributed by atoms with Gasteiger partial charge in [0.15, 0.2) is 0 Å². The van der Waals surface area contributed by atoms with E-state index in [-0.39, 0.29) is 24.0 Å². The van der Waals surface area contributed by atoms with E-state index in [0.29, 0.717) is 12.0 Å². The van der Waals surface area contributed by atoms with Gasteiger partial charge >= 0.3 is 0 Å². The number of phenolic OH excluding ortho intramolecular Hbond substituents is 1. The lowest BCUT2D eigenvalue weighted by Gasteiger charge is -2.17. The van der Waals surface area contributed by atoms with E-state index in [1.54, 1.807) is 54.0 Å². The van der Waals surface area contributed by atoms with Gasteiger partial charge in [-0.15, -0.1) is 11.8 Å². The predicted octanol–water partition coefficient (Wildman–Crippen LogP) is 4.06. The molecule has 1 N–H and O–H groups in total. The van der Waals surface area contributed by atoms with Crippen LogP contribution in [0.4, 0.5) is 4.39 Å². The number of phenols is 1. The van der Waals surface area contributed by atoms with Crippen LogP contribution in [0.3, 0.4) is 0 Å². The highest BCUT2D eigenvalue weighted by Crippen LogP contribution is 2.22. The molecule has 0 bridgehead atoms. The minimum absolute atomic E-state index is 0.0135. The Morgan fingerprint density at radius 3 is 2.57 bits per heavy atom. The summed E-state index contributed by atoms with van der Waals surface area (Å²) in [4.78, 5) is 14.7. The van der Waals surface area contributed by atoms with Crippen LogP contribution in [0.15, 0.2) is 53.4 Å². The number of nitrogens with zero attached hydrogens (tertiary/aromatic N) is 1. The van der Waals surface area contributed by atoms with Crippen molar-refractivity contribution in [3.63, 3.8) is 0 Å². The number of benzene rings is 2. The number of carbonyl (C=O) groups excluding carboxylic acids is 1. The van der Waals surface area contributed by atoms with Gasteiger partial charge in [0, 0.05) is 30.5 Å². The molecule has 3 nitrogen and oxygen atoms in total. The Hall–Kier alpha value is -2.01. The Morgan fingerprint density at radius 1 is 1.17 bits per heavy atom. The van der Waals surface area contributed by atoms with Crippen LogP contribution in [0.2, 0.25) is 0 Å². The highest BCUT2D eigenvalue weighted by Gasteiger charge is 2.11. The number of rotatable bonds is 7. The minimum atomic E-state index is -0.282. The Balaban J connectivity index is 1.72. The number of hydrogen-bond acceptors (Lipinski definition) is 3. The van der Waals surface area contributed by atoms with Crippen LogP contribution in [-0.2, 0) is 11.3 Å². The first-order valence-electron chi connectivity index (χ1n) is 7.45. The first-order chi connectivity index (χ1) is 11.1. The smallest absolute Gasteiger partial charge is 0.222 e. The van der Waals surface area contributed by atoms with Crippen LogP contribution >= 0.6 is 11.8 Å². The van der Waals surface area contributed by atoms with Gasteiger partial charge in [-0.1, -0.05) is 18.2 Å². The number of amides is 1. The fourth-order valence-electron chi connectivity index (χ4n) is 2.12. The summed E-state index contributed by atoms with van der Waals surface area (Å²) in [6.45, 7) is 0.288. The lowest BCUT2D eigenvalue weighted by molar-refractivity contribution is -0.130. The van der Waals surface area contributed by atoms with Crippen molar-refractivity contribution in [1.82, 2.24) is 4.90 Å². The van der Waals surface area contributed by atoms with E-state index < -0.39 is 0 Å². The fourth-order valence-corrected chi connectivity index (χ4v) is 2.97. The van der Waals surface area contributed by atoms with Gasteiger partial charge in [-0.25, -0.2) is 4.39 Å². The Bertz CT molecular complexity index is 646. The molecule has 5 heteroatoms. The first kappa shape index (κ1) is 17.3. The molecule has 0 radical (unpaired) electrons. The number of thioether (sulfide) groups is 1. The van der Waals surface area contributed by atoms with Crippen molar-refractivity contribution in [3.05, 3.63) is 59.9 Å². The van der Waals surface area contributed by atoms with E-state index >= 15 is 0 Å². The van der Waals surface area contributed by atoms with Gasteiger partial charge in [0.05, 0.1) is 0 Å². The molecule has 2 rings (SSSR count). The molecule has 0 heterocycles. The maximum atomic E-state index is 13.6. The average molecular weight is 333 g/mol. The molecule has 0 aliphatic heterocycles. The van der Waals surface area contributed by atoms with Crippen LogP contribution in [0, 0.1) is 5.82 Å². The van der Waals surface area contributed by atoms with E-state index in [4.69, 9.17) is 0 Å². The second-order valence-corrected chi connectivity index (χ2v) is 6.46. The maximum Gasteiger partial charge on any atom is 0.222 e. The molecule has 122 valence electrons. The molecular weight excluding hydrogens is 313 g/mol. The Morgan fingerprint density at radius 2 is 1.87 bits per heavy atom. The van der Waals surface area contributed by atoms with Gasteiger partial charge in [-0.3, -0.25) is 4.79 Å². The van der Waals surface area contributed by atoms with E-state index in [1.807, 2.05) is 12.1 Å². The third kappa shape index (κ3) is 5.60. The molecule has 0 aliphatic rings. The molecule has 0 fully saturated rings. The molecular formula is C18H20FNO2S. The fraction of sp³-hybridized carbons (Fsp3) is 0.278. The zero-order valence-corrected chi connectivity index (χ0v) is 13.9. The number of hydrogen-bond donors (Lipinski definition) is 1. The average Bonchev–Trinajstić information content (AvgIpc) is 2.55. The third-order valence-electron chi connectivity index (χ3n) is 3.43. The molecule has 23 heavy (non-hydrogen) atoms. The molecule has 1 amide bonds. The van der Waals surface area contributed by atoms with Crippen LogP contribution in [0.5, 0.6) is 5.75 Å². The van der Waals surface area contributed by atoms with E-state index in [0.717, 1.165) is 17.1 Å². The molecule has 0 aliphatic carbocycles. The summed E-state index contributed by atoms with van der Waals surface area (Å²) in [6.07, 6.45) is 1.20. The molecule has 0 saturated heterocycles. The molecule has 2 aromatic carbocycles. The van der Waals surface area contributed by atoms with E-state index in [1.165, 1.54) is 6.07 Å². The van der Waals surface area contributed by atoms with Gasteiger partial charge in [0.1, 0.15) is 11.6 Å². The monoisotopic (exact) mass is 333 g/mol. The van der Waals surface area contributed by atoms with Crippen LogP contribution in [0.25, 0.3) is 0 Å². The van der Waals surface area contributed by atoms with E-state index in [9.17, 15) is 14.3 Å². The quantitative estimate of drug-likeness (QED) is 0.613. The SMILES string of the molecule is CN(Cc1ccccc1F)C(=O)CCCSc1ccc(O)cc1. The molecule has 0 saturated carbocycles. The standard InChI is InChI=1S/C18H20FNO2S/c1-20(13-14-5-2-3-6-17(14)19)18(22)7-4-12-23-16-10-8-15(21)9-11-16/h2-3,5-6,8-11,21H,4,7,12-13H2,1H3. The maximum absolute atomic E-state index is 13.6. The summed E-state index contributed by atoms with van der Waals surface area (Å²) in [5.74, 6) is 0.804. The Kier molecular flexibility index (Phi) is 6.47. The van der Waals surface area contributed by atoms with Crippen molar-refractivity contribution in [2.45, 2.75) is 24.3 Å². The largest absolute Gasteiger partial charge is 0.508 e. The van der Waals surface area contributed by atoms with Crippen molar-refractivity contribution in [3.8, 4) is 5.75 Å². The number of aromatic hydroxyl groups is 1. The van der Waals surface area contributed by atoms with Gasteiger partial charge in [-0.05, 0) is 42.5 Å². The summed E-state index contributed by atoms with van der Waals surface area (Å²) in [5, 5.41) is 9.22. The van der Waals surface area contributed by atoms with Crippen LogP contribution in [-0.4, -0.2) is 28.7 Å². The van der Waals surface area contributed by atoms with Crippen LogP contribution in [0.1, 0.15) is 18.4 Å². The third-order valence-corrected chi connectivity index (χ3v) is 4.53. The lowest BCUT2D eigenvalue weighted by Crippen LogP contribution is -2.26. The topological polar surface area (TPSA) is 40.5 Å². The normalized spacial score (nSPS) is 10.5.